The Labute approximate surface area is 116 Å². The number of methoxy groups -OCH3 is 1. The van der Waals surface area contributed by atoms with E-state index in [2.05, 4.69) is 10.3 Å². The van der Waals surface area contributed by atoms with Crippen LogP contribution in [0, 0.1) is 0 Å². The van der Waals surface area contributed by atoms with E-state index in [1.807, 2.05) is 25.1 Å². The first kappa shape index (κ1) is 13.8. The fourth-order valence-corrected chi connectivity index (χ4v) is 2.25. The first-order valence-electron chi connectivity index (χ1n) is 6.03. The minimum Gasteiger partial charge on any atom is -0.468 e. The Morgan fingerprint density at radius 1 is 1.47 bits per heavy atom. The molecular formula is C14H15ClN2O2. The first-order valence-corrected chi connectivity index (χ1v) is 6.41. The van der Waals surface area contributed by atoms with E-state index in [1.54, 1.807) is 12.3 Å². The Morgan fingerprint density at radius 2 is 2.26 bits per heavy atom. The molecule has 4 nitrogen and oxygen atoms in total. The minimum absolute atomic E-state index is 0.337. The second-order valence-corrected chi connectivity index (χ2v) is 4.46. The molecule has 1 atom stereocenters. The topological polar surface area (TPSA) is 51.2 Å². The van der Waals surface area contributed by atoms with Crippen LogP contribution in [0.4, 0.5) is 0 Å². The average Bonchev–Trinajstić information content (AvgIpc) is 2.45. The van der Waals surface area contributed by atoms with E-state index in [1.165, 1.54) is 7.11 Å². The number of fused-ring (bicyclic) bond motifs is 1. The van der Waals surface area contributed by atoms with E-state index < -0.39 is 6.04 Å². The smallest absolute Gasteiger partial charge is 0.327 e. The summed E-state index contributed by atoms with van der Waals surface area (Å²) < 4.78 is 4.84. The zero-order chi connectivity index (χ0) is 13.8. The van der Waals surface area contributed by atoms with E-state index in [0.29, 0.717) is 17.1 Å². The van der Waals surface area contributed by atoms with Crippen molar-refractivity contribution in [2.24, 2.45) is 0 Å². The Hall–Kier alpha value is -1.65. The molecule has 0 aliphatic carbocycles. The molecule has 2 rings (SSSR count). The molecule has 0 bridgehead atoms. The van der Waals surface area contributed by atoms with Gasteiger partial charge in [-0.15, -0.1) is 0 Å². The molecule has 1 N–H and O–H groups in total. The summed E-state index contributed by atoms with van der Waals surface area (Å²) in [6, 6.07) is 6.74. The predicted octanol–water partition coefficient (Wildman–Crippen LogP) is 2.71. The van der Waals surface area contributed by atoms with Gasteiger partial charge in [0.25, 0.3) is 0 Å². The number of nitrogens with one attached hydrogen (secondary N) is 1. The standard InChI is InChI=1S/C14H15ClN2O2/c1-3-16-13(14(18)19-2)10-6-7-11(15)9-5-4-8-17-12(9)10/h4-8,13,16H,3H2,1-2H3. The summed E-state index contributed by atoms with van der Waals surface area (Å²) in [7, 11) is 1.37. The maximum atomic E-state index is 11.9. The van der Waals surface area contributed by atoms with Gasteiger partial charge in [-0.1, -0.05) is 24.6 Å². The van der Waals surface area contributed by atoms with Crippen LogP contribution in [0.15, 0.2) is 30.5 Å². The molecule has 19 heavy (non-hydrogen) atoms. The van der Waals surface area contributed by atoms with E-state index in [0.717, 1.165) is 10.9 Å². The summed E-state index contributed by atoms with van der Waals surface area (Å²) in [6.07, 6.45) is 1.68. The number of aromatic nitrogens is 1. The van der Waals surface area contributed by atoms with Crippen LogP contribution in [0.3, 0.4) is 0 Å². The maximum Gasteiger partial charge on any atom is 0.327 e. The van der Waals surface area contributed by atoms with Crippen LogP contribution in [0.1, 0.15) is 18.5 Å². The van der Waals surface area contributed by atoms with Gasteiger partial charge < -0.3 is 10.1 Å². The van der Waals surface area contributed by atoms with Crippen LogP contribution >= 0.6 is 11.6 Å². The van der Waals surface area contributed by atoms with Crippen molar-refractivity contribution in [1.82, 2.24) is 10.3 Å². The second kappa shape index (κ2) is 5.99. The van der Waals surface area contributed by atoms with Gasteiger partial charge in [0, 0.05) is 22.2 Å². The lowest BCUT2D eigenvalue weighted by atomic mass is 10.0. The third-order valence-electron chi connectivity index (χ3n) is 2.90. The van der Waals surface area contributed by atoms with Crippen molar-refractivity contribution in [2.75, 3.05) is 13.7 Å². The Kier molecular flexibility index (Phi) is 4.35. The number of hydrogen-bond acceptors (Lipinski definition) is 4. The van der Waals surface area contributed by atoms with E-state index in [4.69, 9.17) is 16.3 Å². The summed E-state index contributed by atoms with van der Waals surface area (Å²) in [5.41, 5.74) is 1.49. The monoisotopic (exact) mass is 278 g/mol. The number of carbonyl (C=O) groups excluding carboxylic acids is 1. The van der Waals surface area contributed by atoms with E-state index >= 15 is 0 Å². The Balaban J connectivity index is 2.60. The van der Waals surface area contributed by atoms with Crippen LogP contribution in [0.2, 0.25) is 5.02 Å². The normalized spacial score (nSPS) is 12.4. The lowest BCUT2D eigenvalue weighted by molar-refractivity contribution is -0.143. The van der Waals surface area contributed by atoms with Crippen molar-refractivity contribution in [3.05, 3.63) is 41.0 Å². The molecule has 0 amide bonds. The third kappa shape index (κ3) is 2.69. The summed E-state index contributed by atoms with van der Waals surface area (Å²) in [5, 5.41) is 4.55. The molecule has 0 aliphatic rings. The zero-order valence-electron chi connectivity index (χ0n) is 10.8. The molecule has 0 aliphatic heterocycles. The molecule has 1 aromatic carbocycles. The minimum atomic E-state index is -0.537. The number of likely N-dealkylation sites (N-methyl/N-ethyl adjacent to an activating group) is 1. The second-order valence-electron chi connectivity index (χ2n) is 4.05. The highest BCUT2D eigenvalue weighted by atomic mass is 35.5. The van der Waals surface area contributed by atoms with Gasteiger partial charge in [0.05, 0.1) is 12.6 Å². The van der Waals surface area contributed by atoms with Gasteiger partial charge in [0.15, 0.2) is 0 Å². The van der Waals surface area contributed by atoms with Crippen molar-refractivity contribution in [3.63, 3.8) is 0 Å². The van der Waals surface area contributed by atoms with Gasteiger partial charge in [0.2, 0.25) is 0 Å². The van der Waals surface area contributed by atoms with Crippen molar-refractivity contribution in [1.29, 1.82) is 0 Å². The van der Waals surface area contributed by atoms with Crippen LogP contribution in [-0.4, -0.2) is 24.6 Å². The third-order valence-corrected chi connectivity index (χ3v) is 3.23. The highest BCUT2D eigenvalue weighted by Gasteiger charge is 2.23. The van der Waals surface area contributed by atoms with Crippen LogP contribution < -0.4 is 5.32 Å². The zero-order valence-corrected chi connectivity index (χ0v) is 11.6. The largest absolute Gasteiger partial charge is 0.468 e. The lowest BCUT2D eigenvalue weighted by Gasteiger charge is -2.17. The number of esters is 1. The Morgan fingerprint density at radius 3 is 2.95 bits per heavy atom. The van der Waals surface area contributed by atoms with Gasteiger partial charge in [0.1, 0.15) is 6.04 Å². The van der Waals surface area contributed by atoms with Gasteiger partial charge in [-0.3, -0.25) is 4.98 Å². The first-order chi connectivity index (χ1) is 9.19. The van der Waals surface area contributed by atoms with E-state index in [9.17, 15) is 4.79 Å². The quantitative estimate of drug-likeness (QED) is 0.874. The number of ether oxygens (including phenoxy) is 1. The molecule has 0 saturated carbocycles. The molecule has 0 spiro atoms. The van der Waals surface area contributed by atoms with Gasteiger partial charge in [-0.05, 0) is 24.7 Å². The molecule has 1 unspecified atom stereocenters. The van der Waals surface area contributed by atoms with E-state index in [-0.39, 0.29) is 5.97 Å². The lowest BCUT2D eigenvalue weighted by Crippen LogP contribution is -2.29. The van der Waals surface area contributed by atoms with Gasteiger partial charge in [-0.25, -0.2) is 4.79 Å². The summed E-state index contributed by atoms with van der Waals surface area (Å²) in [6.45, 7) is 2.58. The highest BCUT2D eigenvalue weighted by Crippen LogP contribution is 2.28. The van der Waals surface area contributed by atoms with Crippen LogP contribution in [0.5, 0.6) is 0 Å². The molecule has 0 radical (unpaired) electrons. The number of hydrogen-bond donors (Lipinski definition) is 1. The van der Waals surface area contributed by atoms with Crippen molar-refractivity contribution in [3.8, 4) is 0 Å². The van der Waals surface area contributed by atoms with Crippen LogP contribution in [-0.2, 0) is 9.53 Å². The van der Waals surface area contributed by atoms with Gasteiger partial charge in [-0.2, -0.15) is 0 Å². The number of benzene rings is 1. The van der Waals surface area contributed by atoms with Crippen LogP contribution in [0.25, 0.3) is 10.9 Å². The van der Waals surface area contributed by atoms with Crippen molar-refractivity contribution >= 4 is 28.5 Å². The summed E-state index contributed by atoms with van der Waals surface area (Å²) in [5.74, 6) is -0.337. The van der Waals surface area contributed by atoms with Crippen molar-refractivity contribution < 1.29 is 9.53 Å². The molecule has 5 heteroatoms. The number of pyridine rings is 1. The molecule has 1 aromatic heterocycles. The number of halogens is 1. The number of carbonyl (C=O) groups is 1. The maximum absolute atomic E-state index is 11.9. The predicted molar refractivity (Wildman–Crippen MR) is 75.2 cm³/mol. The molecule has 0 saturated heterocycles. The number of rotatable bonds is 4. The summed E-state index contributed by atoms with van der Waals surface area (Å²) >= 11 is 6.15. The fraction of sp³-hybridized carbons (Fsp3) is 0.286. The molecule has 0 fully saturated rings. The highest BCUT2D eigenvalue weighted by molar-refractivity contribution is 6.35. The SMILES string of the molecule is CCNC(C(=O)OC)c1ccc(Cl)c2cccnc12. The molecule has 100 valence electrons. The fourth-order valence-electron chi connectivity index (χ4n) is 2.03. The number of nitrogens with zero attached hydrogens (tertiary/aromatic N) is 1. The Bertz CT molecular complexity index is 601. The molecule has 2 aromatic rings. The molecule has 1 heterocycles. The van der Waals surface area contributed by atoms with Crippen molar-refractivity contribution in [2.45, 2.75) is 13.0 Å². The summed E-state index contributed by atoms with van der Waals surface area (Å²) in [4.78, 5) is 16.2. The molecular weight excluding hydrogens is 264 g/mol. The average molecular weight is 279 g/mol. The van der Waals surface area contributed by atoms with Gasteiger partial charge >= 0.3 is 5.97 Å².